The van der Waals surface area contributed by atoms with Gasteiger partial charge >= 0.3 is 0 Å². The van der Waals surface area contributed by atoms with Gasteiger partial charge in [0.2, 0.25) is 5.91 Å². The van der Waals surface area contributed by atoms with Crippen LogP contribution in [0, 0.1) is 0 Å². The minimum Gasteiger partial charge on any atom is -0.326 e. The fourth-order valence-electron chi connectivity index (χ4n) is 0.985. The highest BCUT2D eigenvalue weighted by Crippen LogP contribution is 2.05. The second kappa shape index (κ2) is 5.65. The van der Waals surface area contributed by atoms with Crippen LogP contribution in [0.1, 0.15) is 12.8 Å². The lowest BCUT2D eigenvalue weighted by Crippen LogP contribution is -2.10. The SMILES string of the molecule is O=C(CCCS)Nc1ccccc1. The number of hydrogen-bond donors (Lipinski definition) is 2. The highest BCUT2D eigenvalue weighted by molar-refractivity contribution is 7.80. The molecule has 1 aromatic rings. The summed E-state index contributed by atoms with van der Waals surface area (Å²) in [4.78, 5) is 11.2. The minimum absolute atomic E-state index is 0.0558. The Hall–Kier alpha value is -0.960. The van der Waals surface area contributed by atoms with Crippen molar-refractivity contribution >= 4 is 24.2 Å². The summed E-state index contributed by atoms with van der Waals surface area (Å²) in [6, 6.07) is 9.46. The fourth-order valence-corrected chi connectivity index (χ4v) is 1.14. The Balaban J connectivity index is 2.37. The van der Waals surface area contributed by atoms with Crippen molar-refractivity contribution in [2.75, 3.05) is 11.1 Å². The Kier molecular flexibility index (Phi) is 4.40. The zero-order valence-electron chi connectivity index (χ0n) is 7.36. The van der Waals surface area contributed by atoms with Gasteiger partial charge < -0.3 is 5.32 Å². The van der Waals surface area contributed by atoms with Crippen molar-refractivity contribution in [2.24, 2.45) is 0 Å². The summed E-state index contributed by atoms with van der Waals surface area (Å²) in [5.74, 6) is 0.808. The van der Waals surface area contributed by atoms with E-state index in [1.165, 1.54) is 0 Å². The third-order valence-corrected chi connectivity index (χ3v) is 1.94. The second-order valence-corrected chi connectivity index (χ2v) is 3.19. The normalized spacial score (nSPS) is 9.62. The average Bonchev–Trinajstić information content (AvgIpc) is 2.16. The number of anilines is 1. The fraction of sp³-hybridized carbons (Fsp3) is 0.300. The van der Waals surface area contributed by atoms with Crippen LogP contribution in [0.25, 0.3) is 0 Å². The van der Waals surface area contributed by atoms with E-state index in [9.17, 15) is 4.79 Å². The molecule has 70 valence electrons. The Morgan fingerprint density at radius 3 is 2.62 bits per heavy atom. The zero-order valence-corrected chi connectivity index (χ0v) is 8.26. The van der Waals surface area contributed by atoms with Crippen LogP contribution < -0.4 is 5.32 Å². The van der Waals surface area contributed by atoms with E-state index in [1.807, 2.05) is 30.3 Å². The van der Waals surface area contributed by atoms with Crippen molar-refractivity contribution in [2.45, 2.75) is 12.8 Å². The van der Waals surface area contributed by atoms with Crippen molar-refractivity contribution in [3.05, 3.63) is 30.3 Å². The lowest BCUT2D eigenvalue weighted by Gasteiger charge is -2.03. The smallest absolute Gasteiger partial charge is 0.224 e. The van der Waals surface area contributed by atoms with Crippen LogP contribution in [0.15, 0.2) is 30.3 Å². The number of thiol groups is 1. The molecule has 0 saturated heterocycles. The Labute approximate surface area is 83.8 Å². The number of hydrogen-bond acceptors (Lipinski definition) is 2. The first-order chi connectivity index (χ1) is 6.33. The number of para-hydroxylation sites is 1. The standard InChI is InChI=1S/C10H13NOS/c12-10(7-4-8-13)11-9-5-2-1-3-6-9/h1-3,5-6,13H,4,7-8H2,(H,11,12). The van der Waals surface area contributed by atoms with E-state index in [-0.39, 0.29) is 5.91 Å². The largest absolute Gasteiger partial charge is 0.326 e. The predicted octanol–water partition coefficient (Wildman–Crippen LogP) is 2.34. The average molecular weight is 195 g/mol. The van der Waals surface area contributed by atoms with E-state index < -0.39 is 0 Å². The van der Waals surface area contributed by atoms with E-state index >= 15 is 0 Å². The number of benzene rings is 1. The molecule has 1 rings (SSSR count). The molecule has 0 saturated carbocycles. The third kappa shape index (κ3) is 3.99. The first-order valence-electron chi connectivity index (χ1n) is 4.28. The van der Waals surface area contributed by atoms with Crippen LogP contribution in [-0.4, -0.2) is 11.7 Å². The van der Waals surface area contributed by atoms with Gasteiger partial charge in [-0.1, -0.05) is 18.2 Å². The quantitative estimate of drug-likeness (QED) is 0.709. The molecule has 0 unspecified atom stereocenters. The summed E-state index contributed by atoms with van der Waals surface area (Å²) >= 11 is 4.04. The molecule has 0 aliphatic heterocycles. The van der Waals surface area contributed by atoms with Crippen molar-refractivity contribution in [3.8, 4) is 0 Å². The predicted molar refractivity (Wildman–Crippen MR) is 58.2 cm³/mol. The molecule has 2 nitrogen and oxygen atoms in total. The molecule has 0 radical (unpaired) electrons. The molecule has 0 spiro atoms. The maximum Gasteiger partial charge on any atom is 0.224 e. The van der Waals surface area contributed by atoms with Gasteiger partial charge in [-0.15, -0.1) is 0 Å². The van der Waals surface area contributed by atoms with Gasteiger partial charge in [0.25, 0.3) is 0 Å². The molecule has 0 aromatic heterocycles. The summed E-state index contributed by atoms with van der Waals surface area (Å²) < 4.78 is 0. The summed E-state index contributed by atoms with van der Waals surface area (Å²) in [6.45, 7) is 0. The lowest BCUT2D eigenvalue weighted by atomic mass is 10.3. The first-order valence-corrected chi connectivity index (χ1v) is 4.92. The lowest BCUT2D eigenvalue weighted by molar-refractivity contribution is -0.116. The molecule has 0 atom stereocenters. The molecular weight excluding hydrogens is 182 g/mol. The first kappa shape index (κ1) is 10.1. The number of carbonyl (C=O) groups is 1. The van der Waals surface area contributed by atoms with E-state index in [4.69, 9.17) is 0 Å². The maximum absolute atomic E-state index is 11.2. The molecule has 0 aliphatic rings. The zero-order chi connectivity index (χ0) is 9.52. The minimum atomic E-state index is 0.0558. The van der Waals surface area contributed by atoms with Crippen molar-refractivity contribution in [3.63, 3.8) is 0 Å². The Morgan fingerprint density at radius 1 is 1.31 bits per heavy atom. The van der Waals surface area contributed by atoms with Crippen LogP contribution in [0.5, 0.6) is 0 Å². The van der Waals surface area contributed by atoms with E-state index in [0.717, 1.165) is 17.9 Å². The van der Waals surface area contributed by atoms with Gasteiger partial charge in [-0.25, -0.2) is 0 Å². The molecule has 3 heteroatoms. The Bertz CT molecular complexity index is 261. The van der Waals surface area contributed by atoms with E-state index in [0.29, 0.717) is 6.42 Å². The van der Waals surface area contributed by atoms with Crippen molar-refractivity contribution < 1.29 is 4.79 Å². The van der Waals surface area contributed by atoms with Crippen LogP contribution in [0.3, 0.4) is 0 Å². The summed E-state index contributed by atoms with van der Waals surface area (Å²) in [5.41, 5.74) is 0.853. The van der Waals surface area contributed by atoms with Gasteiger partial charge in [0, 0.05) is 12.1 Å². The Morgan fingerprint density at radius 2 is 2.00 bits per heavy atom. The van der Waals surface area contributed by atoms with Crippen molar-refractivity contribution in [1.29, 1.82) is 0 Å². The van der Waals surface area contributed by atoms with Crippen LogP contribution in [-0.2, 0) is 4.79 Å². The van der Waals surface area contributed by atoms with Crippen LogP contribution in [0.2, 0.25) is 0 Å². The molecule has 1 aromatic carbocycles. The molecule has 0 fully saturated rings. The number of carbonyl (C=O) groups excluding carboxylic acids is 1. The highest BCUT2D eigenvalue weighted by atomic mass is 32.1. The summed E-state index contributed by atoms with van der Waals surface area (Å²) in [6.07, 6.45) is 1.36. The molecule has 0 bridgehead atoms. The van der Waals surface area contributed by atoms with Crippen molar-refractivity contribution in [1.82, 2.24) is 0 Å². The number of nitrogens with one attached hydrogen (secondary N) is 1. The van der Waals surface area contributed by atoms with E-state index in [1.54, 1.807) is 0 Å². The molecule has 1 amide bonds. The third-order valence-electron chi connectivity index (χ3n) is 1.62. The number of rotatable bonds is 4. The molecule has 1 N–H and O–H groups in total. The van der Waals surface area contributed by atoms with Gasteiger partial charge in [-0.2, -0.15) is 12.6 Å². The van der Waals surface area contributed by atoms with Gasteiger partial charge in [0.15, 0.2) is 0 Å². The topological polar surface area (TPSA) is 29.1 Å². The molecule has 0 heterocycles. The summed E-state index contributed by atoms with van der Waals surface area (Å²) in [7, 11) is 0. The molecular formula is C10H13NOS. The number of amides is 1. The monoisotopic (exact) mass is 195 g/mol. The maximum atomic E-state index is 11.2. The van der Waals surface area contributed by atoms with Crippen LogP contribution >= 0.6 is 12.6 Å². The van der Waals surface area contributed by atoms with Gasteiger partial charge in [0.05, 0.1) is 0 Å². The second-order valence-electron chi connectivity index (χ2n) is 2.74. The summed E-state index contributed by atoms with van der Waals surface area (Å²) in [5, 5.41) is 2.80. The van der Waals surface area contributed by atoms with Crippen LogP contribution in [0.4, 0.5) is 5.69 Å². The van der Waals surface area contributed by atoms with E-state index in [2.05, 4.69) is 17.9 Å². The van der Waals surface area contributed by atoms with Gasteiger partial charge in [-0.05, 0) is 24.3 Å². The van der Waals surface area contributed by atoms with Gasteiger partial charge in [0.1, 0.15) is 0 Å². The molecule has 13 heavy (non-hydrogen) atoms. The highest BCUT2D eigenvalue weighted by Gasteiger charge is 1.99. The van der Waals surface area contributed by atoms with Gasteiger partial charge in [-0.3, -0.25) is 4.79 Å². The molecule has 0 aliphatic carbocycles.